The zero-order valence-corrected chi connectivity index (χ0v) is 21.9. The van der Waals surface area contributed by atoms with Gasteiger partial charge >= 0.3 is 6.61 Å². The molecule has 2 aromatic heterocycles. The van der Waals surface area contributed by atoms with Crippen LogP contribution in [-0.4, -0.2) is 76.0 Å². The standard InChI is InChI=1S/C28H31F2N7O2/c1-3-35-12-14-36(15-13-35)18-25(38)34-23-9-6-21(16-19(23)2)33-26-27-32-17-24(37(27)11-10-31-26)20-4-7-22(8-5-20)39-28(29)30/h4-11,16-17,28H,3,12-15,18H2,1-2H3,(H,31,33)(H,34,38). The van der Waals surface area contributed by atoms with Gasteiger partial charge in [0.1, 0.15) is 5.75 Å². The molecule has 3 heterocycles. The van der Waals surface area contributed by atoms with Gasteiger partial charge in [-0.3, -0.25) is 14.1 Å². The molecule has 2 N–H and O–H groups in total. The number of rotatable bonds is 9. The number of piperazine rings is 1. The van der Waals surface area contributed by atoms with E-state index in [2.05, 4.69) is 42.1 Å². The van der Waals surface area contributed by atoms with Crippen LogP contribution in [0.5, 0.6) is 5.75 Å². The molecule has 0 radical (unpaired) electrons. The number of alkyl halides is 2. The minimum absolute atomic E-state index is 0.0195. The number of hydrogen-bond donors (Lipinski definition) is 2. The van der Waals surface area contributed by atoms with Crippen LogP contribution in [0.15, 0.2) is 61.1 Å². The van der Waals surface area contributed by atoms with Crippen LogP contribution in [0.2, 0.25) is 0 Å². The van der Waals surface area contributed by atoms with E-state index in [1.54, 1.807) is 30.7 Å². The minimum Gasteiger partial charge on any atom is -0.435 e. The van der Waals surface area contributed by atoms with Crippen LogP contribution in [0.4, 0.5) is 26.0 Å². The second-order valence-corrected chi connectivity index (χ2v) is 9.43. The molecule has 1 aliphatic rings. The van der Waals surface area contributed by atoms with Gasteiger partial charge in [0.05, 0.1) is 18.4 Å². The first-order valence-electron chi connectivity index (χ1n) is 12.9. The molecule has 0 bridgehead atoms. The van der Waals surface area contributed by atoms with E-state index in [0.717, 1.165) is 60.9 Å². The molecule has 1 saturated heterocycles. The number of carbonyl (C=O) groups is 1. The van der Waals surface area contributed by atoms with Crippen molar-refractivity contribution < 1.29 is 18.3 Å². The Bertz CT molecular complexity index is 1430. The zero-order valence-electron chi connectivity index (χ0n) is 21.9. The summed E-state index contributed by atoms with van der Waals surface area (Å²) >= 11 is 0. The zero-order chi connectivity index (χ0) is 27.4. The Morgan fingerprint density at radius 2 is 1.79 bits per heavy atom. The number of aromatic nitrogens is 3. The quantitative estimate of drug-likeness (QED) is 0.323. The molecule has 0 aliphatic carbocycles. The number of anilines is 3. The van der Waals surface area contributed by atoms with Crippen LogP contribution >= 0.6 is 0 Å². The van der Waals surface area contributed by atoms with E-state index in [1.165, 1.54) is 12.1 Å². The number of ether oxygens (including phenoxy) is 1. The summed E-state index contributed by atoms with van der Waals surface area (Å²) in [5.41, 5.74) is 4.69. The second kappa shape index (κ2) is 11.7. The van der Waals surface area contributed by atoms with Crippen LogP contribution in [-0.2, 0) is 4.79 Å². The van der Waals surface area contributed by atoms with Gasteiger partial charge in [-0.15, -0.1) is 0 Å². The molecule has 9 nitrogen and oxygen atoms in total. The van der Waals surface area contributed by atoms with Gasteiger partial charge < -0.3 is 20.3 Å². The van der Waals surface area contributed by atoms with Crippen LogP contribution in [0.25, 0.3) is 16.9 Å². The fourth-order valence-corrected chi connectivity index (χ4v) is 4.70. The average molecular weight is 536 g/mol. The molecular formula is C28H31F2N7O2. The molecule has 204 valence electrons. The third-order valence-corrected chi connectivity index (χ3v) is 6.85. The second-order valence-electron chi connectivity index (χ2n) is 9.43. The molecule has 4 aromatic rings. The summed E-state index contributed by atoms with van der Waals surface area (Å²) in [5.74, 6) is 0.633. The van der Waals surface area contributed by atoms with Gasteiger partial charge in [0.2, 0.25) is 5.91 Å². The predicted octanol–water partition coefficient (Wildman–Crippen LogP) is 4.63. The Kier molecular flexibility index (Phi) is 7.99. The van der Waals surface area contributed by atoms with Gasteiger partial charge in [-0.25, -0.2) is 9.97 Å². The molecule has 5 rings (SSSR count). The Balaban J connectivity index is 1.26. The molecular weight excluding hydrogens is 504 g/mol. The third kappa shape index (κ3) is 6.32. The van der Waals surface area contributed by atoms with Crippen molar-refractivity contribution in [1.29, 1.82) is 0 Å². The Morgan fingerprint density at radius 3 is 2.49 bits per heavy atom. The van der Waals surface area contributed by atoms with E-state index in [9.17, 15) is 13.6 Å². The summed E-state index contributed by atoms with van der Waals surface area (Å²) in [4.78, 5) is 26.2. The lowest BCUT2D eigenvalue weighted by Crippen LogP contribution is -2.48. The fraction of sp³-hybridized carbons (Fsp3) is 0.321. The van der Waals surface area contributed by atoms with Crippen molar-refractivity contribution in [3.8, 4) is 17.0 Å². The predicted molar refractivity (Wildman–Crippen MR) is 147 cm³/mol. The highest BCUT2D eigenvalue weighted by Gasteiger charge is 2.18. The monoisotopic (exact) mass is 535 g/mol. The maximum Gasteiger partial charge on any atom is 0.387 e. The smallest absolute Gasteiger partial charge is 0.387 e. The number of carbonyl (C=O) groups excluding carboxylic acids is 1. The van der Waals surface area contributed by atoms with Crippen molar-refractivity contribution in [3.63, 3.8) is 0 Å². The van der Waals surface area contributed by atoms with E-state index >= 15 is 0 Å². The minimum atomic E-state index is -2.87. The van der Waals surface area contributed by atoms with Crippen molar-refractivity contribution in [2.45, 2.75) is 20.5 Å². The molecule has 0 atom stereocenters. The molecule has 1 fully saturated rings. The Labute approximate surface area is 225 Å². The summed E-state index contributed by atoms with van der Waals surface area (Å²) in [6.07, 6.45) is 5.16. The number of likely N-dealkylation sites (N-methyl/N-ethyl adjacent to an activating group) is 1. The summed E-state index contributed by atoms with van der Waals surface area (Å²) in [6.45, 7) is 6.44. The average Bonchev–Trinajstić information content (AvgIpc) is 3.36. The normalized spacial score (nSPS) is 14.6. The largest absolute Gasteiger partial charge is 0.435 e. The van der Waals surface area contributed by atoms with Gasteiger partial charge in [0.15, 0.2) is 11.5 Å². The molecule has 11 heteroatoms. The number of nitrogens with zero attached hydrogens (tertiary/aromatic N) is 5. The first-order chi connectivity index (χ1) is 18.9. The molecule has 0 spiro atoms. The van der Waals surface area contributed by atoms with E-state index in [4.69, 9.17) is 0 Å². The van der Waals surface area contributed by atoms with Crippen molar-refractivity contribution in [1.82, 2.24) is 24.2 Å². The highest BCUT2D eigenvalue weighted by molar-refractivity contribution is 5.93. The maximum absolute atomic E-state index is 12.6. The van der Waals surface area contributed by atoms with E-state index < -0.39 is 6.61 Å². The lowest BCUT2D eigenvalue weighted by molar-refractivity contribution is -0.117. The molecule has 39 heavy (non-hydrogen) atoms. The lowest BCUT2D eigenvalue weighted by atomic mass is 10.1. The van der Waals surface area contributed by atoms with Gasteiger partial charge in [0, 0.05) is 55.5 Å². The number of fused-ring (bicyclic) bond motifs is 1. The fourth-order valence-electron chi connectivity index (χ4n) is 4.70. The Morgan fingerprint density at radius 1 is 1.05 bits per heavy atom. The van der Waals surface area contributed by atoms with Crippen LogP contribution < -0.4 is 15.4 Å². The molecule has 0 unspecified atom stereocenters. The van der Waals surface area contributed by atoms with Gasteiger partial charge in [0.25, 0.3) is 0 Å². The number of amides is 1. The molecule has 1 amide bonds. The molecule has 1 aliphatic heterocycles. The first kappa shape index (κ1) is 26.5. The summed E-state index contributed by atoms with van der Waals surface area (Å²) in [6, 6.07) is 12.1. The third-order valence-electron chi connectivity index (χ3n) is 6.85. The SMILES string of the molecule is CCN1CCN(CC(=O)Nc2ccc(Nc3nccn4c(-c5ccc(OC(F)F)cc5)cnc34)cc2C)CC1. The summed E-state index contributed by atoms with van der Waals surface area (Å²) in [5, 5.41) is 6.35. The highest BCUT2D eigenvalue weighted by atomic mass is 19.3. The number of hydrogen-bond acceptors (Lipinski definition) is 7. The number of halogens is 2. The topological polar surface area (TPSA) is 87.0 Å². The first-order valence-corrected chi connectivity index (χ1v) is 12.9. The van der Waals surface area contributed by atoms with Crippen LogP contribution in [0, 0.1) is 6.92 Å². The van der Waals surface area contributed by atoms with Crippen molar-refractivity contribution in [2.24, 2.45) is 0 Å². The Hall–Kier alpha value is -4.09. The van der Waals surface area contributed by atoms with Gasteiger partial charge in [-0.2, -0.15) is 8.78 Å². The number of benzene rings is 2. The van der Waals surface area contributed by atoms with E-state index in [1.807, 2.05) is 29.5 Å². The van der Waals surface area contributed by atoms with E-state index in [0.29, 0.717) is 18.0 Å². The number of nitrogens with one attached hydrogen (secondary N) is 2. The van der Waals surface area contributed by atoms with Gasteiger partial charge in [-0.05, 0) is 61.5 Å². The number of imidazole rings is 1. The van der Waals surface area contributed by atoms with Crippen LogP contribution in [0.3, 0.4) is 0 Å². The number of aryl methyl sites for hydroxylation is 1. The van der Waals surface area contributed by atoms with E-state index in [-0.39, 0.29) is 11.7 Å². The van der Waals surface area contributed by atoms with Crippen molar-refractivity contribution in [3.05, 3.63) is 66.6 Å². The summed E-state index contributed by atoms with van der Waals surface area (Å²) in [7, 11) is 0. The summed E-state index contributed by atoms with van der Waals surface area (Å²) < 4.78 is 31.2. The molecule has 2 aromatic carbocycles. The van der Waals surface area contributed by atoms with Crippen LogP contribution in [0.1, 0.15) is 12.5 Å². The van der Waals surface area contributed by atoms with Gasteiger partial charge in [-0.1, -0.05) is 6.92 Å². The lowest BCUT2D eigenvalue weighted by Gasteiger charge is -2.33. The van der Waals surface area contributed by atoms with Crippen molar-refractivity contribution in [2.75, 3.05) is 49.9 Å². The highest BCUT2D eigenvalue weighted by Crippen LogP contribution is 2.28. The van der Waals surface area contributed by atoms with Crippen molar-refractivity contribution >= 4 is 28.7 Å². The molecule has 0 saturated carbocycles. The maximum atomic E-state index is 12.6.